The fourth-order valence-corrected chi connectivity index (χ4v) is 9.79. The van der Waals surface area contributed by atoms with Crippen molar-refractivity contribution in [2.75, 3.05) is 7.11 Å². The Morgan fingerprint density at radius 3 is 1.29 bits per heavy atom. The Labute approximate surface area is 468 Å². The molecule has 0 aliphatic carbocycles. The number of esters is 1. The molecule has 0 aromatic heterocycles. The van der Waals surface area contributed by atoms with Crippen LogP contribution >= 0.6 is 0 Å². The first kappa shape index (κ1) is 62.2. The van der Waals surface area contributed by atoms with Crippen LogP contribution in [0.5, 0.6) is 0 Å². The molecule has 9 N–H and O–H groups in total. The molecular weight excluding hydrogens is 1020 g/mol. The van der Waals surface area contributed by atoms with Crippen LogP contribution in [-0.2, 0) is 51.5 Å². The lowest BCUT2D eigenvalue weighted by molar-refractivity contribution is -0.146. The standard InChI is InChI=1S/C19H20N2O3.C13H15NO3.C12H13NO3.C11H14N2O.C7H8O.CH4/c1-13-7-5-6-10-15(13)18-16(11-17(22)21-18)20-19(23)24-12-14-8-3-2-4-9-14;1-8-5-3-4-6-9(8)12-10(13(16)17-2)7-11(15)14-12;1-7-4-2-3-5-8(7)11-9(12(15)16)6-10(14)13-11;1-7-4-2-3-5-8(7)11-9(12)6-10(14)13-11;8-6-7-4-2-1-3-5-7;/h2-10,16,18H,11-12H2,1H3,(H,20,23)(H,21,22);3-6,10,12H,7H2,1-2H3,(H,14,15);2-5,9,11H,6H2,1H3,(H,13,14)(H,15,16);2-5,9,11H,6,12H2,1H3,(H,13,14);1-5,8H,6H2;1H4/t16?,18-;;2*9-,11?;;/m1.00../s1. The number of benzene rings is 6. The molecule has 17 heteroatoms. The SMILES string of the molecule is C.COC(=O)C1CC(=O)NC1c1ccccc1C.Cc1ccccc1C1NC(=O)C[C@@H]1C(=O)O.Cc1ccccc1C1NC(=O)C[C@@H]1N.Cc1ccccc1[C@H]1NC(=O)CC1NC(=O)OCc1ccccc1.OCc1ccccc1. The largest absolute Gasteiger partial charge is 0.481 e. The summed E-state index contributed by atoms with van der Waals surface area (Å²) < 4.78 is 9.99. The third kappa shape index (κ3) is 17.4. The molecule has 4 aliphatic rings. The van der Waals surface area contributed by atoms with E-state index in [2.05, 4.69) is 26.6 Å². The number of ether oxygens (including phenoxy) is 2. The molecule has 6 aromatic carbocycles. The Balaban J connectivity index is 0.000000190. The highest BCUT2D eigenvalue weighted by Gasteiger charge is 2.41. The number of carbonyl (C=O) groups excluding carboxylic acids is 6. The molecule has 10 rings (SSSR count). The van der Waals surface area contributed by atoms with Crippen LogP contribution < -0.4 is 32.3 Å². The second kappa shape index (κ2) is 30.5. The number of hydrogen-bond acceptors (Lipinski definition) is 11. The number of carboxylic acid groups (broad SMARTS) is 1. The minimum atomic E-state index is -0.924. The normalized spacial score (nSPS) is 21.2. The number of carboxylic acids is 1. The van der Waals surface area contributed by atoms with Crippen LogP contribution in [0, 0.1) is 39.5 Å². The molecule has 4 fully saturated rings. The summed E-state index contributed by atoms with van der Waals surface area (Å²) in [5.74, 6) is -2.66. The summed E-state index contributed by atoms with van der Waals surface area (Å²) in [6, 6.07) is 48.8. The van der Waals surface area contributed by atoms with Crippen molar-refractivity contribution >= 4 is 41.7 Å². The molecule has 8 atom stereocenters. The zero-order valence-corrected chi connectivity index (χ0v) is 45.0. The van der Waals surface area contributed by atoms with Crippen molar-refractivity contribution < 1.29 is 53.2 Å². The number of hydrogen-bond donors (Lipinski definition) is 8. The molecule has 0 saturated carbocycles. The second-order valence-corrected chi connectivity index (χ2v) is 19.6. The summed E-state index contributed by atoms with van der Waals surface area (Å²) in [7, 11) is 1.35. The number of aliphatic hydroxyl groups is 1. The Morgan fingerprint density at radius 2 is 0.875 bits per heavy atom. The van der Waals surface area contributed by atoms with Gasteiger partial charge in [0.25, 0.3) is 0 Å². The molecule has 422 valence electrons. The average molecular weight is 1090 g/mol. The van der Waals surface area contributed by atoms with E-state index in [0.29, 0.717) is 6.42 Å². The summed E-state index contributed by atoms with van der Waals surface area (Å²) in [5.41, 5.74) is 16.1. The monoisotopic (exact) mass is 1090 g/mol. The molecule has 4 saturated heterocycles. The van der Waals surface area contributed by atoms with Gasteiger partial charge in [-0.2, -0.15) is 0 Å². The van der Waals surface area contributed by atoms with Crippen molar-refractivity contribution in [2.24, 2.45) is 17.6 Å². The molecule has 4 heterocycles. The number of methoxy groups -OCH3 is 1. The number of carbonyl (C=O) groups is 7. The smallest absolute Gasteiger partial charge is 0.407 e. The maximum atomic E-state index is 12.1. The summed E-state index contributed by atoms with van der Waals surface area (Å²) in [5, 5.41) is 31.8. The van der Waals surface area contributed by atoms with Crippen molar-refractivity contribution in [3.63, 3.8) is 0 Å². The van der Waals surface area contributed by atoms with Crippen LogP contribution in [0.2, 0.25) is 0 Å². The highest BCUT2D eigenvalue weighted by Crippen LogP contribution is 2.34. The van der Waals surface area contributed by atoms with E-state index >= 15 is 0 Å². The Hall–Kier alpha value is -8.67. The second-order valence-electron chi connectivity index (χ2n) is 19.6. The number of amides is 5. The van der Waals surface area contributed by atoms with E-state index in [0.717, 1.165) is 50.1 Å². The molecule has 17 nitrogen and oxygen atoms in total. The van der Waals surface area contributed by atoms with Crippen molar-refractivity contribution in [3.05, 3.63) is 213 Å². The molecule has 6 aromatic rings. The molecular formula is C63H74N6O11. The van der Waals surface area contributed by atoms with E-state index in [9.17, 15) is 33.6 Å². The van der Waals surface area contributed by atoms with Gasteiger partial charge in [-0.05, 0) is 83.3 Å². The van der Waals surface area contributed by atoms with Crippen LogP contribution in [0.4, 0.5) is 4.79 Å². The average Bonchev–Trinajstić information content (AvgIpc) is 4.28. The lowest BCUT2D eigenvalue weighted by Crippen LogP contribution is -2.39. The molecule has 0 spiro atoms. The van der Waals surface area contributed by atoms with E-state index in [1.807, 2.05) is 185 Å². The van der Waals surface area contributed by atoms with Crippen LogP contribution in [0.3, 0.4) is 0 Å². The molecule has 4 aliphatic heterocycles. The van der Waals surface area contributed by atoms with Crippen LogP contribution in [0.1, 0.15) is 113 Å². The van der Waals surface area contributed by atoms with Crippen molar-refractivity contribution in [3.8, 4) is 0 Å². The van der Waals surface area contributed by atoms with Crippen molar-refractivity contribution in [1.29, 1.82) is 0 Å². The summed E-state index contributed by atoms with van der Waals surface area (Å²) in [6.07, 6.45) is 0.428. The van der Waals surface area contributed by atoms with Crippen LogP contribution in [0.25, 0.3) is 0 Å². The predicted molar refractivity (Wildman–Crippen MR) is 304 cm³/mol. The van der Waals surface area contributed by atoms with Gasteiger partial charge in [0.15, 0.2) is 0 Å². The lowest BCUT2D eigenvalue weighted by Gasteiger charge is -2.21. The lowest BCUT2D eigenvalue weighted by atomic mass is 9.91. The number of aliphatic carboxylic acids is 1. The van der Waals surface area contributed by atoms with Crippen molar-refractivity contribution in [2.45, 2.75) is 110 Å². The molecule has 80 heavy (non-hydrogen) atoms. The fourth-order valence-electron chi connectivity index (χ4n) is 9.79. The first-order valence-corrected chi connectivity index (χ1v) is 26.1. The number of rotatable bonds is 10. The van der Waals surface area contributed by atoms with Gasteiger partial charge in [-0.1, -0.05) is 165 Å². The van der Waals surface area contributed by atoms with Gasteiger partial charge in [-0.3, -0.25) is 28.8 Å². The Bertz CT molecular complexity index is 3050. The zero-order valence-electron chi connectivity index (χ0n) is 45.0. The predicted octanol–water partition coefficient (Wildman–Crippen LogP) is 8.15. The maximum Gasteiger partial charge on any atom is 0.407 e. The summed E-state index contributed by atoms with van der Waals surface area (Å²) in [4.78, 5) is 80.5. The molecule has 0 radical (unpaired) electrons. The van der Waals surface area contributed by atoms with E-state index in [1.165, 1.54) is 12.7 Å². The number of aliphatic hydroxyl groups excluding tert-OH is 1. The maximum absolute atomic E-state index is 12.1. The quantitative estimate of drug-likeness (QED) is 0.0605. The molecule has 0 bridgehead atoms. The number of nitrogens with two attached hydrogens (primary N) is 1. The molecule has 5 amide bonds. The van der Waals surface area contributed by atoms with E-state index in [-0.39, 0.29) is 99.7 Å². The summed E-state index contributed by atoms with van der Waals surface area (Å²) >= 11 is 0. The van der Waals surface area contributed by atoms with E-state index in [1.54, 1.807) is 0 Å². The van der Waals surface area contributed by atoms with Gasteiger partial charge in [0, 0.05) is 31.7 Å². The van der Waals surface area contributed by atoms with Gasteiger partial charge in [-0.15, -0.1) is 0 Å². The van der Waals surface area contributed by atoms with Gasteiger partial charge in [0.1, 0.15) is 6.61 Å². The minimum absolute atomic E-state index is 0. The third-order valence-corrected chi connectivity index (χ3v) is 14.0. The minimum Gasteiger partial charge on any atom is -0.481 e. The number of aryl methyl sites for hydroxylation is 4. The van der Waals surface area contributed by atoms with Gasteiger partial charge < -0.3 is 52.0 Å². The van der Waals surface area contributed by atoms with E-state index in [4.69, 9.17) is 25.4 Å². The first-order valence-electron chi connectivity index (χ1n) is 26.1. The highest BCUT2D eigenvalue weighted by molar-refractivity contribution is 5.88. The van der Waals surface area contributed by atoms with Gasteiger partial charge in [0.2, 0.25) is 23.6 Å². The number of nitrogens with one attached hydrogen (secondary N) is 5. The zero-order chi connectivity index (χ0) is 57.0. The first-order chi connectivity index (χ1) is 38.0. The summed E-state index contributed by atoms with van der Waals surface area (Å²) in [6.45, 7) is 8.25. The topological polar surface area (TPSA) is 265 Å². The van der Waals surface area contributed by atoms with Crippen molar-refractivity contribution in [1.82, 2.24) is 26.6 Å². The van der Waals surface area contributed by atoms with Crippen LogP contribution in [0.15, 0.2) is 158 Å². The highest BCUT2D eigenvalue weighted by atomic mass is 16.5. The number of alkyl carbamates (subject to hydrolysis) is 1. The Morgan fingerprint density at radius 1 is 0.512 bits per heavy atom. The Kier molecular flexibility index (Phi) is 23.7. The van der Waals surface area contributed by atoms with Gasteiger partial charge >= 0.3 is 18.0 Å². The van der Waals surface area contributed by atoms with Gasteiger partial charge in [0.05, 0.1) is 55.8 Å². The fraction of sp³-hybridized carbons (Fsp3) is 0.317. The van der Waals surface area contributed by atoms with Gasteiger partial charge in [-0.25, -0.2) is 4.79 Å². The third-order valence-electron chi connectivity index (χ3n) is 14.0. The van der Waals surface area contributed by atoms with E-state index < -0.39 is 29.9 Å². The molecule has 5 unspecified atom stereocenters. The van der Waals surface area contributed by atoms with Crippen LogP contribution in [-0.4, -0.2) is 71.1 Å².